The molecule has 3 rings (SSSR count). The Morgan fingerprint density at radius 3 is 2.58 bits per heavy atom. The van der Waals surface area contributed by atoms with E-state index in [0.29, 0.717) is 16.7 Å². The number of ether oxygens (including phenoxy) is 1. The van der Waals surface area contributed by atoms with Crippen molar-refractivity contribution in [1.82, 2.24) is 20.9 Å². The van der Waals surface area contributed by atoms with Gasteiger partial charge in [0.25, 0.3) is 0 Å². The molecule has 2 saturated heterocycles. The molecule has 0 spiro atoms. The molecule has 2 aliphatic heterocycles. The van der Waals surface area contributed by atoms with Crippen LogP contribution in [0, 0.1) is 0 Å². The van der Waals surface area contributed by atoms with Crippen LogP contribution in [0.1, 0.15) is 24.9 Å². The number of halogens is 3. The third-order valence-corrected chi connectivity index (χ3v) is 5.16. The van der Waals surface area contributed by atoms with E-state index in [9.17, 15) is 14.0 Å². The number of urea groups is 2. The number of carbonyl (C=O) groups is 2. The van der Waals surface area contributed by atoms with Crippen LogP contribution in [0.2, 0.25) is 10.0 Å². The molecule has 10 heteroatoms. The van der Waals surface area contributed by atoms with Crippen molar-refractivity contribution in [3.8, 4) is 0 Å². The molecule has 0 radical (unpaired) electrons. The van der Waals surface area contributed by atoms with Gasteiger partial charge < -0.3 is 15.4 Å². The number of rotatable bonds is 4. The first-order valence-electron chi connectivity index (χ1n) is 8.20. The summed E-state index contributed by atoms with van der Waals surface area (Å²) in [6.07, 6.45) is -1.94. The van der Waals surface area contributed by atoms with Gasteiger partial charge in [-0.2, -0.15) is 0 Å². The summed E-state index contributed by atoms with van der Waals surface area (Å²) >= 11 is 11.9. The number of amides is 4. The Morgan fingerprint density at radius 2 is 1.96 bits per heavy atom. The molecule has 2 heterocycles. The number of hydrogen-bond acceptors (Lipinski definition) is 4. The van der Waals surface area contributed by atoms with Crippen LogP contribution >= 0.6 is 23.2 Å². The van der Waals surface area contributed by atoms with Crippen molar-refractivity contribution in [2.75, 3.05) is 13.2 Å². The van der Waals surface area contributed by atoms with Gasteiger partial charge in [0.15, 0.2) is 6.29 Å². The lowest BCUT2D eigenvalue weighted by Crippen LogP contribution is -2.71. The highest BCUT2D eigenvalue weighted by Crippen LogP contribution is 2.26. The molecule has 1 aromatic carbocycles. The van der Waals surface area contributed by atoms with E-state index in [2.05, 4.69) is 16.0 Å². The highest BCUT2D eigenvalue weighted by Gasteiger charge is 2.41. The van der Waals surface area contributed by atoms with E-state index in [4.69, 9.17) is 27.9 Å². The van der Waals surface area contributed by atoms with Gasteiger partial charge in [0.1, 0.15) is 6.17 Å². The van der Waals surface area contributed by atoms with Gasteiger partial charge in [-0.3, -0.25) is 5.32 Å². The minimum Gasteiger partial charge on any atom is -0.378 e. The average Bonchev–Trinajstić information content (AvgIpc) is 2.58. The van der Waals surface area contributed by atoms with Gasteiger partial charge in [-0.05, 0) is 31.0 Å². The van der Waals surface area contributed by atoms with Crippen LogP contribution in [-0.2, 0) is 4.74 Å². The van der Waals surface area contributed by atoms with E-state index in [1.807, 2.05) is 6.92 Å². The van der Waals surface area contributed by atoms with Gasteiger partial charge in [0, 0.05) is 12.6 Å². The van der Waals surface area contributed by atoms with Crippen molar-refractivity contribution in [1.29, 1.82) is 0 Å². The molecule has 0 aliphatic carbocycles. The van der Waals surface area contributed by atoms with Crippen LogP contribution < -0.4 is 16.0 Å². The predicted octanol–water partition coefficient (Wildman–Crippen LogP) is 2.79. The quantitative estimate of drug-likeness (QED) is 0.720. The first kappa shape index (κ1) is 19.2. The van der Waals surface area contributed by atoms with E-state index in [-0.39, 0.29) is 19.1 Å². The van der Waals surface area contributed by atoms with Crippen molar-refractivity contribution in [3.05, 3.63) is 33.8 Å². The zero-order valence-electron chi connectivity index (χ0n) is 14.0. The average molecular weight is 405 g/mol. The molecule has 142 valence electrons. The van der Waals surface area contributed by atoms with Crippen molar-refractivity contribution < 1.29 is 18.7 Å². The summed E-state index contributed by atoms with van der Waals surface area (Å²) in [5, 5.41) is 9.16. The maximum absolute atomic E-state index is 14.0. The summed E-state index contributed by atoms with van der Waals surface area (Å²) in [5.41, 5.74) is 0.832. The fraction of sp³-hybridized carbons (Fsp3) is 0.500. The molecule has 0 bridgehead atoms. The lowest BCUT2D eigenvalue weighted by molar-refractivity contribution is -0.0102. The molecule has 7 nitrogen and oxygen atoms in total. The lowest BCUT2D eigenvalue weighted by atomic mass is 10.1. The summed E-state index contributed by atoms with van der Waals surface area (Å²) < 4.78 is 19.0. The third-order valence-electron chi connectivity index (χ3n) is 4.42. The van der Waals surface area contributed by atoms with Crippen LogP contribution in [0.3, 0.4) is 0 Å². The molecule has 0 saturated carbocycles. The van der Waals surface area contributed by atoms with E-state index in [0.717, 1.165) is 10.5 Å². The molecule has 2 aliphatic rings. The van der Waals surface area contributed by atoms with Gasteiger partial charge in [-0.1, -0.05) is 29.3 Å². The molecule has 26 heavy (non-hydrogen) atoms. The maximum Gasteiger partial charge on any atom is 0.328 e. The van der Waals surface area contributed by atoms with Crippen LogP contribution in [0.15, 0.2) is 18.2 Å². The fourth-order valence-corrected chi connectivity index (χ4v) is 3.32. The minimum absolute atomic E-state index is 0.127. The normalized spacial score (nSPS) is 25.6. The minimum atomic E-state index is -1.40. The number of benzene rings is 1. The topological polar surface area (TPSA) is 82.7 Å². The monoisotopic (exact) mass is 404 g/mol. The summed E-state index contributed by atoms with van der Waals surface area (Å²) in [6, 6.07) is 2.79. The second-order valence-corrected chi connectivity index (χ2v) is 7.03. The van der Waals surface area contributed by atoms with Crippen molar-refractivity contribution in [3.63, 3.8) is 0 Å². The fourth-order valence-electron chi connectivity index (χ4n) is 3.01. The molecule has 3 atom stereocenters. The van der Waals surface area contributed by atoms with Gasteiger partial charge in [-0.15, -0.1) is 0 Å². The van der Waals surface area contributed by atoms with E-state index in [1.165, 1.54) is 0 Å². The maximum atomic E-state index is 14.0. The van der Waals surface area contributed by atoms with Crippen molar-refractivity contribution >= 4 is 35.3 Å². The molecule has 0 unspecified atom stereocenters. The Labute approximate surface area is 160 Å². The first-order valence-corrected chi connectivity index (χ1v) is 8.95. The molecular formula is C16H19Cl2FN4O3. The van der Waals surface area contributed by atoms with E-state index in [1.54, 1.807) is 18.2 Å². The van der Waals surface area contributed by atoms with Crippen LogP contribution in [-0.4, -0.2) is 48.7 Å². The van der Waals surface area contributed by atoms with Crippen LogP contribution in [0.25, 0.3) is 0 Å². The Morgan fingerprint density at radius 1 is 1.27 bits per heavy atom. The summed E-state index contributed by atoms with van der Waals surface area (Å²) in [5.74, 6) is 0. The Balaban J connectivity index is 1.64. The van der Waals surface area contributed by atoms with Gasteiger partial charge in [-0.25, -0.2) is 18.9 Å². The number of nitrogens with one attached hydrogen (secondary N) is 3. The van der Waals surface area contributed by atoms with Gasteiger partial charge >= 0.3 is 12.1 Å². The standard InChI is InChI=1S/C16H19Cl2FN4O3/c1-8(9-2-3-10(17)11(18)6-9)20-14-21-15(24)23(16(25)22-14)13-4-5-26-7-12(13)19/h2-3,6,8,12-14,20H,4-5,7H2,1H3,(H,21,24)(H,22,25)/t8-,12-,13+/m0/s1. The summed E-state index contributed by atoms with van der Waals surface area (Å²) in [7, 11) is 0. The first-order chi connectivity index (χ1) is 12.4. The van der Waals surface area contributed by atoms with E-state index < -0.39 is 30.6 Å². The molecule has 0 aromatic heterocycles. The van der Waals surface area contributed by atoms with Crippen molar-refractivity contribution in [2.24, 2.45) is 0 Å². The molecular weight excluding hydrogens is 386 g/mol. The zero-order valence-corrected chi connectivity index (χ0v) is 15.5. The third kappa shape index (κ3) is 4.03. The highest BCUT2D eigenvalue weighted by atomic mass is 35.5. The van der Waals surface area contributed by atoms with Crippen molar-refractivity contribution in [2.45, 2.75) is 37.9 Å². The smallest absolute Gasteiger partial charge is 0.328 e. The van der Waals surface area contributed by atoms with Gasteiger partial charge in [0.2, 0.25) is 0 Å². The van der Waals surface area contributed by atoms with E-state index >= 15 is 0 Å². The second kappa shape index (κ2) is 7.96. The van der Waals surface area contributed by atoms with Gasteiger partial charge in [0.05, 0.1) is 22.7 Å². The highest BCUT2D eigenvalue weighted by molar-refractivity contribution is 6.42. The Bertz CT molecular complexity index is 690. The summed E-state index contributed by atoms with van der Waals surface area (Å²) in [4.78, 5) is 25.6. The lowest BCUT2D eigenvalue weighted by Gasteiger charge is -2.40. The molecule has 4 amide bonds. The summed E-state index contributed by atoms with van der Waals surface area (Å²) in [6.45, 7) is 2.02. The Kier molecular flexibility index (Phi) is 5.86. The largest absolute Gasteiger partial charge is 0.378 e. The molecule has 3 N–H and O–H groups in total. The predicted molar refractivity (Wildman–Crippen MR) is 94.8 cm³/mol. The number of carbonyl (C=O) groups excluding carboxylic acids is 2. The van der Waals surface area contributed by atoms with Crippen LogP contribution in [0.4, 0.5) is 14.0 Å². The molecule has 1 aromatic rings. The SMILES string of the molecule is C[C@H](NC1NC(=O)N([C@@H]2CCOC[C@@H]2F)C(=O)N1)c1ccc(Cl)c(Cl)c1. The molecule has 2 fully saturated rings. The number of imide groups is 1. The zero-order chi connectivity index (χ0) is 18.8. The number of nitrogens with zero attached hydrogens (tertiary/aromatic N) is 1. The van der Waals surface area contributed by atoms with Crippen LogP contribution in [0.5, 0.6) is 0 Å². The Hall–Kier alpha value is -1.61. The number of hydrogen-bond donors (Lipinski definition) is 3. The second-order valence-electron chi connectivity index (χ2n) is 6.21. The number of alkyl halides is 1.